The molecular weight excluding hydrogens is 398 g/mol. The van der Waals surface area contributed by atoms with Crippen molar-refractivity contribution in [3.63, 3.8) is 0 Å². The Morgan fingerprint density at radius 1 is 1.15 bits per heavy atom. The molecule has 0 bridgehead atoms. The highest BCUT2D eigenvalue weighted by molar-refractivity contribution is 9.10. The van der Waals surface area contributed by atoms with E-state index in [0.717, 1.165) is 10.0 Å². The van der Waals surface area contributed by atoms with E-state index >= 15 is 0 Å². The van der Waals surface area contributed by atoms with Gasteiger partial charge in [0.1, 0.15) is 5.75 Å². The zero-order valence-corrected chi connectivity index (χ0v) is 16.4. The molecule has 1 aromatic heterocycles. The number of pyridine rings is 1. The van der Waals surface area contributed by atoms with Crippen LogP contribution < -0.4 is 15.4 Å². The summed E-state index contributed by atoms with van der Waals surface area (Å²) in [6.07, 6.45) is 3.51. The van der Waals surface area contributed by atoms with Gasteiger partial charge in [0.2, 0.25) is 5.91 Å². The first-order valence-corrected chi connectivity index (χ1v) is 9.15. The summed E-state index contributed by atoms with van der Waals surface area (Å²) in [5.41, 5.74) is 1.42. The topological polar surface area (TPSA) is 80.3 Å². The maximum Gasteiger partial charge on any atom is 0.255 e. The van der Waals surface area contributed by atoms with Crippen molar-refractivity contribution in [3.05, 3.63) is 58.3 Å². The third kappa shape index (κ3) is 6.48. The Hall–Kier alpha value is -2.41. The van der Waals surface area contributed by atoms with Gasteiger partial charge in [-0.15, -0.1) is 0 Å². The zero-order valence-electron chi connectivity index (χ0n) is 14.8. The summed E-state index contributed by atoms with van der Waals surface area (Å²) in [4.78, 5) is 28.2. The highest BCUT2D eigenvalue weighted by Crippen LogP contribution is 2.24. The summed E-state index contributed by atoms with van der Waals surface area (Å²) in [6.45, 7) is 4.48. The molecule has 1 heterocycles. The lowest BCUT2D eigenvalue weighted by Gasteiger charge is -2.14. The molecule has 2 aromatic rings. The molecule has 0 saturated carbocycles. The Bertz CT molecular complexity index is 751. The zero-order chi connectivity index (χ0) is 18.9. The minimum atomic E-state index is -0.268. The molecule has 0 unspecified atom stereocenters. The second-order valence-electron chi connectivity index (χ2n) is 5.95. The molecule has 0 aliphatic rings. The second kappa shape index (κ2) is 9.91. The van der Waals surface area contributed by atoms with E-state index in [9.17, 15) is 9.59 Å². The smallest absolute Gasteiger partial charge is 0.255 e. The molecule has 0 aliphatic carbocycles. The number of hydrogen-bond acceptors (Lipinski definition) is 4. The molecule has 138 valence electrons. The van der Waals surface area contributed by atoms with Crippen LogP contribution in [0.5, 0.6) is 5.75 Å². The predicted molar refractivity (Wildman–Crippen MR) is 103 cm³/mol. The molecule has 2 amide bonds. The normalized spacial score (nSPS) is 10.5. The Labute approximate surface area is 161 Å². The summed E-state index contributed by atoms with van der Waals surface area (Å²) < 4.78 is 6.52. The Morgan fingerprint density at radius 2 is 1.88 bits per heavy atom. The lowest BCUT2D eigenvalue weighted by Crippen LogP contribution is -2.30. The maximum absolute atomic E-state index is 12.4. The van der Waals surface area contributed by atoms with Crippen molar-refractivity contribution in [2.24, 2.45) is 0 Å². The minimum Gasteiger partial charge on any atom is -0.490 e. The van der Waals surface area contributed by atoms with Crippen molar-refractivity contribution in [1.29, 1.82) is 0 Å². The molecule has 0 saturated heterocycles. The van der Waals surface area contributed by atoms with Crippen LogP contribution in [0.2, 0.25) is 0 Å². The first-order valence-electron chi connectivity index (χ1n) is 8.35. The van der Waals surface area contributed by atoms with Crippen LogP contribution in [0.15, 0.2) is 47.2 Å². The molecule has 7 heteroatoms. The molecule has 0 fully saturated rings. The van der Waals surface area contributed by atoms with Crippen LogP contribution in [0.1, 0.15) is 36.2 Å². The van der Waals surface area contributed by atoms with Crippen molar-refractivity contribution < 1.29 is 14.3 Å². The van der Waals surface area contributed by atoms with Crippen LogP contribution in [0.3, 0.4) is 0 Å². The first kappa shape index (κ1) is 19.9. The van der Waals surface area contributed by atoms with Gasteiger partial charge in [0.05, 0.1) is 11.7 Å². The third-order valence-electron chi connectivity index (χ3n) is 3.43. The molecule has 0 atom stereocenters. The molecule has 0 spiro atoms. The van der Waals surface area contributed by atoms with Gasteiger partial charge < -0.3 is 15.4 Å². The SMILES string of the molecule is CC(C)Oc1cc(Br)ccc1C(=O)NCCC(=O)NCc1ccncc1. The number of ether oxygens (including phenoxy) is 1. The molecule has 2 N–H and O–H groups in total. The van der Waals surface area contributed by atoms with Crippen LogP contribution >= 0.6 is 15.9 Å². The fourth-order valence-electron chi connectivity index (χ4n) is 2.21. The van der Waals surface area contributed by atoms with Gasteiger partial charge in [-0.1, -0.05) is 15.9 Å². The Kier molecular flexibility index (Phi) is 7.59. The van der Waals surface area contributed by atoms with Crippen LogP contribution in [0, 0.1) is 0 Å². The highest BCUT2D eigenvalue weighted by Gasteiger charge is 2.14. The number of aromatic nitrogens is 1. The standard InChI is InChI=1S/C19H22BrN3O3/c1-13(2)26-17-11-15(20)3-4-16(17)19(25)22-10-7-18(24)23-12-14-5-8-21-9-6-14/h3-6,8-9,11,13H,7,10,12H2,1-2H3,(H,22,25)(H,23,24). The molecule has 6 nitrogen and oxygen atoms in total. The maximum atomic E-state index is 12.4. The predicted octanol–water partition coefficient (Wildman–Crippen LogP) is 3.07. The van der Waals surface area contributed by atoms with Gasteiger partial charge in [-0.3, -0.25) is 14.6 Å². The molecule has 2 rings (SSSR count). The summed E-state index contributed by atoms with van der Waals surface area (Å²) >= 11 is 3.38. The van der Waals surface area contributed by atoms with E-state index in [1.807, 2.05) is 26.0 Å². The fraction of sp³-hybridized carbons (Fsp3) is 0.316. The van der Waals surface area contributed by atoms with Gasteiger partial charge in [0.25, 0.3) is 5.91 Å². The third-order valence-corrected chi connectivity index (χ3v) is 3.92. The summed E-state index contributed by atoms with van der Waals surface area (Å²) in [5.74, 6) is 0.112. The molecule has 0 aliphatic heterocycles. The minimum absolute atomic E-state index is 0.0465. The second-order valence-corrected chi connectivity index (χ2v) is 6.86. The number of amides is 2. The number of nitrogens with zero attached hydrogens (tertiary/aromatic N) is 1. The molecule has 0 radical (unpaired) electrons. The van der Waals surface area contributed by atoms with Crippen molar-refractivity contribution in [2.45, 2.75) is 32.9 Å². The van der Waals surface area contributed by atoms with E-state index in [4.69, 9.17) is 4.74 Å². The first-order chi connectivity index (χ1) is 12.5. The van der Waals surface area contributed by atoms with Gasteiger partial charge in [-0.05, 0) is 49.7 Å². The fourth-order valence-corrected chi connectivity index (χ4v) is 2.55. The Balaban J connectivity index is 1.82. The van der Waals surface area contributed by atoms with Crippen LogP contribution in [-0.2, 0) is 11.3 Å². The number of nitrogens with one attached hydrogen (secondary N) is 2. The van der Waals surface area contributed by atoms with Gasteiger partial charge >= 0.3 is 0 Å². The lowest BCUT2D eigenvalue weighted by atomic mass is 10.2. The molecule has 26 heavy (non-hydrogen) atoms. The molecular formula is C19H22BrN3O3. The van der Waals surface area contributed by atoms with Crippen molar-refractivity contribution in [2.75, 3.05) is 6.54 Å². The van der Waals surface area contributed by atoms with Gasteiger partial charge in [-0.25, -0.2) is 0 Å². The number of carbonyl (C=O) groups is 2. The molecule has 1 aromatic carbocycles. The average molecular weight is 420 g/mol. The Morgan fingerprint density at radius 3 is 2.58 bits per heavy atom. The summed E-state index contributed by atoms with van der Waals surface area (Å²) in [7, 11) is 0. The van der Waals surface area contributed by atoms with Crippen molar-refractivity contribution >= 4 is 27.7 Å². The highest BCUT2D eigenvalue weighted by atomic mass is 79.9. The number of halogens is 1. The van der Waals surface area contributed by atoms with Crippen LogP contribution in [0.4, 0.5) is 0 Å². The lowest BCUT2D eigenvalue weighted by molar-refractivity contribution is -0.121. The van der Waals surface area contributed by atoms with Crippen molar-refractivity contribution in [1.82, 2.24) is 15.6 Å². The summed E-state index contributed by atoms with van der Waals surface area (Å²) in [6, 6.07) is 8.91. The number of hydrogen-bond donors (Lipinski definition) is 2. The van der Waals surface area contributed by atoms with Crippen LogP contribution in [0.25, 0.3) is 0 Å². The van der Waals surface area contributed by atoms with E-state index in [1.165, 1.54) is 0 Å². The van der Waals surface area contributed by atoms with Gasteiger partial charge in [0, 0.05) is 36.4 Å². The van der Waals surface area contributed by atoms with Crippen LogP contribution in [-0.4, -0.2) is 29.4 Å². The monoisotopic (exact) mass is 419 g/mol. The van der Waals surface area contributed by atoms with Gasteiger partial charge in [0.15, 0.2) is 0 Å². The van der Waals surface area contributed by atoms with E-state index in [2.05, 4.69) is 31.5 Å². The quantitative estimate of drug-likeness (QED) is 0.688. The van der Waals surface area contributed by atoms with E-state index in [1.54, 1.807) is 30.6 Å². The summed E-state index contributed by atoms with van der Waals surface area (Å²) in [5, 5.41) is 5.56. The van der Waals surface area contributed by atoms with E-state index < -0.39 is 0 Å². The largest absolute Gasteiger partial charge is 0.490 e. The van der Waals surface area contributed by atoms with E-state index in [-0.39, 0.29) is 30.9 Å². The average Bonchev–Trinajstić information content (AvgIpc) is 2.60. The number of rotatable bonds is 8. The van der Waals surface area contributed by atoms with Crippen molar-refractivity contribution in [3.8, 4) is 5.75 Å². The van der Waals surface area contributed by atoms with Gasteiger partial charge in [-0.2, -0.15) is 0 Å². The van der Waals surface area contributed by atoms with E-state index in [0.29, 0.717) is 17.9 Å². The number of carbonyl (C=O) groups excluding carboxylic acids is 2. The number of benzene rings is 1.